The van der Waals surface area contributed by atoms with Crippen LogP contribution in [0.15, 0.2) is 29.2 Å². The largest absolute Gasteiger partial charge is 0.382 e. The molecule has 0 bridgehead atoms. The predicted octanol–water partition coefficient (Wildman–Crippen LogP) is 3.08. The van der Waals surface area contributed by atoms with Crippen LogP contribution in [0.4, 0.5) is 5.69 Å². The number of anilines is 1. The molecule has 0 amide bonds. The van der Waals surface area contributed by atoms with Gasteiger partial charge < -0.3 is 5.32 Å². The second-order valence-electron chi connectivity index (χ2n) is 6.04. The van der Waals surface area contributed by atoms with Crippen molar-refractivity contribution in [2.24, 2.45) is 5.41 Å². The third-order valence-electron chi connectivity index (χ3n) is 3.62. The van der Waals surface area contributed by atoms with E-state index in [0.717, 1.165) is 5.69 Å². The van der Waals surface area contributed by atoms with Crippen LogP contribution in [0.5, 0.6) is 0 Å². The second kappa shape index (κ2) is 4.57. The molecule has 1 atom stereocenters. The van der Waals surface area contributed by atoms with Crippen LogP contribution in [-0.4, -0.2) is 20.7 Å². The van der Waals surface area contributed by atoms with Gasteiger partial charge in [0.05, 0.1) is 4.90 Å². The Balaban J connectivity index is 2.04. The summed E-state index contributed by atoms with van der Waals surface area (Å²) >= 11 is 0. The molecule has 1 aliphatic carbocycles. The molecular weight excluding hydrogens is 246 g/mol. The van der Waals surface area contributed by atoms with E-state index in [1.807, 2.05) is 12.1 Å². The molecule has 0 radical (unpaired) electrons. The number of hydrogen-bond donors (Lipinski definition) is 1. The van der Waals surface area contributed by atoms with Gasteiger partial charge in [-0.05, 0) is 48.9 Å². The van der Waals surface area contributed by atoms with Crippen LogP contribution in [0, 0.1) is 5.41 Å². The highest BCUT2D eigenvalue weighted by molar-refractivity contribution is 7.90. The van der Waals surface area contributed by atoms with Gasteiger partial charge in [0.2, 0.25) is 0 Å². The van der Waals surface area contributed by atoms with Crippen molar-refractivity contribution in [3.05, 3.63) is 24.3 Å². The van der Waals surface area contributed by atoms with Crippen molar-refractivity contribution < 1.29 is 8.42 Å². The molecule has 100 valence electrons. The molecule has 0 aliphatic heterocycles. The van der Waals surface area contributed by atoms with Gasteiger partial charge in [-0.15, -0.1) is 0 Å². The van der Waals surface area contributed by atoms with E-state index in [1.54, 1.807) is 12.1 Å². The highest BCUT2D eigenvalue weighted by Crippen LogP contribution is 2.38. The average molecular weight is 267 g/mol. The Morgan fingerprint density at radius 1 is 1.22 bits per heavy atom. The van der Waals surface area contributed by atoms with E-state index in [0.29, 0.717) is 16.4 Å². The summed E-state index contributed by atoms with van der Waals surface area (Å²) in [5.74, 6) is 0. The minimum atomic E-state index is -3.09. The maximum Gasteiger partial charge on any atom is 0.175 e. The summed E-state index contributed by atoms with van der Waals surface area (Å²) in [5, 5.41) is 3.48. The van der Waals surface area contributed by atoms with E-state index in [2.05, 4.69) is 19.2 Å². The molecule has 1 N–H and O–H groups in total. The molecule has 0 aromatic heterocycles. The monoisotopic (exact) mass is 267 g/mol. The zero-order valence-corrected chi connectivity index (χ0v) is 12.0. The fraction of sp³-hybridized carbons (Fsp3) is 0.571. The Bertz CT molecular complexity index is 517. The normalized spacial score (nSPS) is 22.9. The molecule has 0 heterocycles. The van der Waals surface area contributed by atoms with Crippen LogP contribution < -0.4 is 5.32 Å². The first kappa shape index (κ1) is 13.4. The Hall–Kier alpha value is -1.03. The highest BCUT2D eigenvalue weighted by Gasteiger charge is 2.30. The van der Waals surface area contributed by atoms with Gasteiger partial charge in [0.1, 0.15) is 0 Å². The molecular formula is C14H21NO2S. The van der Waals surface area contributed by atoms with E-state index in [4.69, 9.17) is 0 Å². The lowest BCUT2D eigenvalue weighted by Gasteiger charge is -2.18. The van der Waals surface area contributed by atoms with Gasteiger partial charge >= 0.3 is 0 Å². The number of nitrogens with one attached hydrogen (secondary N) is 1. The van der Waals surface area contributed by atoms with Crippen molar-refractivity contribution in [1.82, 2.24) is 0 Å². The zero-order chi connectivity index (χ0) is 13.4. The molecule has 3 nitrogen and oxygen atoms in total. The summed E-state index contributed by atoms with van der Waals surface area (Å²) in [5.41, 5.74) is 1.43. The van der Waals surface area contributed by atoms with Gasteiger partial charge in [-0.3, -0.25) is 0 Å². The smallest absolute Gasteiger partial charge is 0.175 e. The van der Waals surface area contributed by atoms with Crippen molar-refractivity contribution in [3.8, 4) is 0 Å². The molecule has 4 heteroatoms. The van der Waals surface area contributed by atoms with Crippen LogP contribution in [0.3, 0.4) is 0 Å². The third kappa shape index (κ3) is 3.25. The van der Waals surface area contributed by atoms with E-state index in [1.165, 1.54) is 25.5 Å². The maximum absolute atomic E-state index is 11.4. The lowest BCUT2D eigenvalue weighted by molar-refractivity contribution is 0.378. The zero-order valence-electron chi connectivity index (χ0n) is 11.2. The van der Waals surface area contributed by atoms with E-state index >= 15 is 0 Å². The second-order valence-corrected chi connectivity index (χ2v) is 8.06. The molecule has 0 spiro atoms. The molecule has 2 rings (SSSR count). The predicted molar refractivity (Wildman–Crippen MR) is 74.6 cm³/mol. The number of sulfone groups is 1. The van der Waals surface area contributed by atoms with Gasteiger partial charge in [0, 0.05) is 18.0 Å². The molecule has 0 saturated heterocycles. The molecule has 1 aromatic carbocycles. The molecule has 1 fully saturated rings. The lowest BCUT2D eigenvalue weighted by Crippen LogP contribution is -2.17. The highest BCUT2D eigenvalue weighted by atomic mass is 32.2. The first-order valence-corrected chi connectivity index (χ1v) is 8.22. The fourth-order valence-electron chi connectivity index (χ4n) is 2.59. The molecule has 1 saturated carbocycles. The van der Waals surface area contributed by atoms with Gasteiger partial charge in [0.25, 0.3) is 0 Å². The van der Waals surface area contributed by atoms with Gasteiger partial charge in [-0.25, -0.2) is 8.42 Å². The van der Waals surface area contributed by atoms with Crippen molar-refractivity contribution in [1.29, 1.82) is 0 Å². The topological polar surface area (TPSA) is 46.2 Å². The summed E-state index contributed by atoms with van der Waals surface area (Å²) in [4.78, 5) is 0.375. The molecule has 18 heavy (non-hydrogen) atoms. The van der Waals surface area contributed by atoms with E-state index in [9.17, 15) is 8.42 Å². The Morgan fingerprint density at radius 2 is 1.83 bits per heavy atom. The summed E-state index contributed by atoms with van der Waals surface area (Å²) in [6, 6.07) is 7.53. The summed E-state index contributed by atoms with van der Waals surface area (Å²) < 4.78 is 22.7. The Morgan fingerprint density at radius 3 is 2.28 bits per heavy atom. The third-order valence-corrected chi connectivity index (χ3v) is 4.75. The number of rotatable bonds is 3. The number of hydrogen-bond acceptors (Lipinski definition) is 3. The van der Waals surface area contributed by atoms with Gasteiger partial charge in [-0.2, -0.15) is 0 Å². The van der Waals surface area contributed by atoms with Crippen molar-refractivity contribution in [2.45, 2.75) is 44.0 Å². The molecule has 1 aromatic rings. The minimum Gasteiger partial charge on any atom is -0.382 e. The van der Waals surface area contributed by atoms with Crippen LogP contribution >= 0.6 is 0 Å². The summed E-state index contributed by atoms with van der Waals surface area (Å²) in [6.07, 6.45) is 4.82. The SMILES string of the molecule is CC1(C)CCC(Nc2ccc(S(C)(=O)=O)cc2)C1. The number of benzene rings is 1. The van der Waals surface area contributed by atoms with Crippen LogP contribution in [0.1, 0.15) is 33.1 Å². The molecule has 1 unspecified atom stereocenters. The first-order chi connectivity index (χ1) is 8.26. The van der Waals surface area contributed by atoms with E-state index < -0.39 is 9.84 Å². The van der Waals surface area contributed by atoms with E-state index in [-0.39, 0.29) is 0 Å². The minimum absolute atomic E-state index is 0.375. The van der Waals surface area contributed by atoms with Crippen LogP contribution in [0.25, 0.3) is 0 Å². The summed E-state index contributed by atoms with van der Waals surface area (Å²) in [7, 11) is -3.09. The average Bonchev–Trinajstić information content (AvgIpc) is 2.57. The van der Waals surface area contributed by atoms with Crippen molar-refractivity contribution >= 4 is 15.5 Å². The van der Waals surface area contributed by atoms with Crippen LogP contribution in [0.2, 0.25) is 0 Å². The van der Waals surface area contributed by atoms with Gasteiger partial charge in [-0.1, -0.05) is 13.8 Å². The first-order valence-electron chi connectivity index (χ1n) is 6.33. The summed E-state index contributed by atoms with van der Waals surface area (Å²) in [6.45, 7) is 4.59. The van der Waals surface area contributed by atoms with Crippen LogP contribution in [-0.2, 0) is 9.84 Å². The lowest BCUT2D eigenvalue weighted by atomic mass is 9.92. The standard InChI is InChI=1S/C14H21NO2S/c1-14(2)9-8-12(10-14)15-11-4-6-13(7-5-11)18(3,16)17/h4-7,12,15H,8-10H2,1-3H3. The van der Waals surface area contributed by atoms with Gasteiger partial charge in [0.15, 0.2) is 9.84 Å². The van der Waals surface area contributed by atoms with Crippen molar-refractivity contribution in [2.75, 3.05) is 11.6 Å². The fourth-order valence-corrected chi connectivity index (χ4v) is 3.22. The van der Waals surface area contributed by atoms with Crippen molar-refractivity contribution in [3.63, 3.8) is 0 Å². The Kier molecular flexibility index (Phi) is 3.41. The maximum atomic E-state index is 11.4. The molecule has 1 aliphatic rings. The Labute approximate surface area is 110 Å². The quantitative estimate of drug-likeness (QED) is 0.915.